The number of ketones is 3. The Morgan fingerprint density at radius 3 is 1.20 bits per heavy atom. The lowest BCUT2D eigenvalue weighted by molar-refractivity contribution is -0.139. The van der Waals surface area contributed by atoms with E-state index in [9.17, 15) is 77.6 Å². The molecule has 8 aromatic rings. The van der Waals surface area contributed by atoms with Crippen LogP contribution in [0.3, 0.4) is 0 Å². The number of aryl methyl sites for hydroxylation is 6. The second-order valence-electron chi connectivity index (χ2n) is 32.8. The molecule has 0 fully saturated rings. The van der Waals surface area contributed by atoms with Gasteiger partial charge >= 0.3 is 11.9 Å². The highest BCUT2D eigenvalue weighted by Crippen LogP contribution is 2.29. The second-order valence-corrected chi connectivity index (χ2v) is 32.8. The molecule has 0 aliphatic rings. The number of rotatable bonds is 61. The highest BCUT2D eigenvalue weighted by atomic mass is 16.5. The number of amides is 8. The number of ether oxygens (including phenoxy) is 2. The molecule has 30 nitrogen and oxygen atoms in total. The smallest absolute Gasteiger partial charge is 0.305 e. The van der Waals surface area contributed by atoms with E-state index in [1.54, 1.807) is 60.9 Å². The van der Waals surface area contributed by atoms with E-state index in [4.69, 9.17) is 9.47 Å². The van der Waals surface area contributed by atoms with Crippen molar-refractivity contribution in [1.29, 1.82) is 0 Å². The highest BCUT2D eigenvalue weighted by Gasteiger charge is 2.26. The number of benzene rings is 6. The number of aromatic nitrogens is 2. The van der Waals surface area contributed by atoms with Gasteiger partial charge in [0.05, 0.1) is 50.0 Å². The monoisotopic (exact) mass is 1810 g/mol. The summed E-state index contributed by atoms with van der Waals surface area (Å²) < 4.78 is 11.6. The number of carboxylic acids is 2. The number of carboxylic acid groups (broad SMARTS) is 2. The van der Waals surface area contributed by atoms with Crippen molar-refractivity contribution in [3.8, 4) is 22.3 Å². The summed E-state index contributed by atoms with van der Waals surface area (Å²) in [7, 11) is 0. The largest absolute Gasteiger partial charge is 0.481 e. The number of anilines is 4. The van der Waals surface area contributed by atoms with Gasteiger partial charge in [-0.25, -0.2) is 9.97 Å². The normalized spacial score (nSPS) is 11.7. The molecule has 0 aliphatic carbocycles. The van der Waals surface area contributed by atoms with Crippen LogP contribution in [-0.4, -0.2) is 173 Å². The number of hydrogen-bond donors (Lipinski definition) is 13. The van der Waals surface area contributed by atoms with E-state index in [2.05, 4.69) is 94.0 Å². The number of Topliss-reactive ketones (excluding diaryl/α,β-unsaturated/α-hetero) is 3. The van der Waals surface area contributed by atoms with Crippen molar-refractivity contribution in [3.63, 3.8) is 0 Å². The van der Waals surface area contributed by atoms with E-state index in [1.807, 2.05) is 111 Å². The molecule has 0 aliphatic heterocycles. The number of aliphatic carboxylic acids is 2. The van der Waals surface area contributed by atoms with Crippen molar-refractivity contribution >= 4 is 99.6 Å². The van der Waals surface area contributed by atoms with Crippen LogP contribution in [-0.2, 0) is 97.5 Å². The van der Waals surface area contributed by atoms with Crippen molar-refractivity contribution in [3.05, 3.63) is 239 Å². The fourth-order valence-electron chi connectivity index (χ4n) is 14.1. The molecule has 6 aromatic carbocycles. The van der Waals surface area contributed by atoms with Gasteiger partial charge in [0.15, 0.2) is 0 Å². The molecule has 13 N–H and O–H groups in total. The van der Waals surface area contributed by atoms with Gasteiger partial charge in [-0.3, -0.25) is 62.3 Å². The minimum Gasteiger partial charge on any atom is -0.481 e. The van der Waals surface area contributed by atoms with Gasteiger partial charge in [0.2, 0.25) is 47.3 Å². The van der Waals surface area contributed by atoms with E-state index >= 15 is 0 Å². The average molecular weight is 1810 g/mol. The third-order valence-corrected chi connectivity index (χ3v) is 21.2. The number of nitrogens with one attached hydrogen (secondary N) is 10. The summed E-state index contributed by atoms with van der Waals surface area (Å²) in [5.41, 5.74) is 11.5. The van der Waals surface area contributed by atoms with Gasteiger partial charge in [-0.15, -0.1) is 6.58 Å². The van der Waals surface area contributed by atoms with Gasteiger partial charge in [-0.1, -0.05) is 127 Å². The van der Waals surface area contributed by atoms with Crippen molar-refractivity contribution < 1.29 is 87.1 Å². The standard InChI is InChI=1S/C52H66N6O9.C50H62N6O9/c1-4-52(66,35-38(3)59)26-24-39-16-22-44(23-17-39)57-49(62)14-6-13-47(60)55-28-9-31-67-30-8-11-40-10-5-12-43(33-40)41-18-20-42(21-19-41)45(34-51(64)65)58-50(63)36-56-48(61)15-7-27-53-46-32-37(2)25-29-54-46;1-35-24-27-52-45(30-35)51-25-5-13-47(60)54-34-49(62)56-44(33-50(63)64)40-19-17-39(18-20-40)41-10-3-8-38(32-41)9-6-28-65-29-7-26-53-46(59)11-4-12-48(61)55-42-21-14-37(15-22-42)16-23-43(58)31-36(2)57/h4-5,10,12,16-23,25,29,32-33,45,66H,1,6-9,11,13-15,24,26-28,30-31,34-36H2,2-3H3,(H,53,54)(H,55,60)(H,56,61)(H,57,62)(H,58,63)(H,64,65);3,8,10,14-15,17-22,24,27,30,32,44H,4-7,9,11-13,16,23,25-26,28-29,31,33-34H2,1-2H3,(H,51,52)(H,53,59)(H,54,60)(H,55,61)(H,56,62)(H,63,64). The second kappa shape index (κ2) is 59.0. The van der Waals surface area contributed by atoms with Crippen LogP contribution in [0.1, 0.15) is 199 Å². The number of carbonyl (C=O) groups is 13. The summed E-state index contributed by atoms with van der Waals surface area (Å²) in [5.74, 6) is -3.11. The van der Waals surface area contributed by atoms with Crippen LogP contribution >= 0.6 is 0 Å². The van der Waals surface area contributed by atoms with E-state index < -0.39 is 41.4 Å². The first-order chi connectivity index (χ1) is 63.5. The fourth-order valence-corrected chi connectivity index (χ4v) is 14.1. The summed E-state index contributed by atoms with van der Waals surface area (Å²) >= 11 is 0. The Hall–Kier alpha value is -13.5. The van der Waals surface area contributed by atoms with Gasteiger partial charge in [-0.2, -0.15) is 0 Å². The molecule has 0 radical (unpaired) electrons. The van der Waals surface area contributed by atoms with E-state index in [0.29, 0.717) is 139 Å². The number of nitrogens with zero attached hydrogens (tertiary/aromatic N) is 2. The van der Waals surface area contributed by atoms with Crippen molar-refractivity contribution in [2.75, 3.05) is 87.0 Å². The molecule has 2 aromatic heterocycles. The van der Waals surface area contributed by atoms with Gasteiger partial charge in [-0.05, 0) is 226 Å². The topological polar surface area (TPSA) is 447 Å². The molecule has 0 saturated carbocycles. The predicted octanol–water partition coefficient (Wildman–Crippen LogP) is 13.2. The van der Waals surface area contributed by atoms with Crippen LogP contribution in [0.2, 0.25) is 0 Å². The number of carbonyl (C=O) groups excluding carboxylic acids is 11. The van der Waals surface area contributed by atoms with Crippen LogP contribution in [0.15, 0.2) is 195 Å². The van der Waals surface area contributed by atoms with Crippen molar-refractivity contribution in [2.45, 2.75) is 199 Å². The molecule has 704 valence electrons. The number of pyridine rings is 2. The molecule has 2 heterocycles. The third kappa shape index (κ3) is 44.2. The first-order valence-corrected chi connectivity index (χ1v) is 45.1. The lowest BCUT2D eigenvalue weighted by Crippen LogP contribution is -2.39. The summed E-state index contributed by atoms with van der Waals surface area (Å²) in [6.45, 7) is 14.1. The minimum atomic E-state index is -1.24. The summed E-state index contributed by atoms with van der Waals surface area (Å²) in [5, 5.41) is 58.1. The fraction of sp³-hybridized carbons (Fsp3) is 0.402. The van der Waals surface area contributed by atoms with E-state index in [0.717, 1.165) is 93.0 Å². The van der Waals surface area contributed by atoms with Gasteiger partial charge in [0.25, 0.3) is 0 Å². The Morgan fingerprint density at radius 1 is 0.402 bits per heavy atom. The maximum atomic E-state index is 12.7. The average Bonchev–Trinajstić information content (AvgIpc) is 0.828. The SMILES string of the molecule is C=CC(O)(CCc1ccc(NC(=O)CCCC(=O)NCCCOCCCc2cccc(-c3ccc(C(CC(=O)O)NC(=O)CNC(=O)CCCNc4cc(C)ccn4)cc3)c2)cc1)CC(C)=O.CC(=O)CC(=O)CCc1ccc(NC(=O)CCCC(=O)NCCCOCCCc2cccc(-c3ccc(C(CC(=O)O)NC(=O)CNC(=O)CCCNc4cc(C)ccn4)cc3)c2)cc1. The zero-order valence-electron chi connectivity index (χ0n) is 76.2. The molecule has 30 heteroatoms. The Labute approximate surface area is 772 Å². The Balaban J connectivity index is 0.000000361. The lowest BCUT2D eigenvalue weighted by atomic mass is 9.90. The molecule has 3 atom stereocenters. The Kier molecular flexibility index (Phi) is 47.2. The van der Waals surface area contributed by atoms with Crippen LogP contribution < -0.4 is 53.2 Å². The highest BCUT2D eigenvalue weighted by molar-refractivity contribution is 5.98. The van der Waals surface area contributed by atoms with Crippen LogP contribution in [0.4, 0.5) is 23.0 Å². The number of hydrogen-bond acceptors (Lipinski definition) is 20. The molecule has 3 unspecified atom stereocenters. The molecule has 8 rings (SSSR count). The van der Waals surface area contributed by atoms with E-state index in [-0.39, 0.29) is 130 Å². The zero-order valence-corrected chi connectivity index (χ0v) is 76.2. The van der Waals surface area contributed by atoms with Crippen molar-refractivity contribution in [2.24, 2.45) is 0 Å². The molecule has 0 saturated heterocycles. The Morgan fingerprint density at radius 2 is 0.803 bits per heavy atom. The number of aliphatic hydroxyl groups is 1. The van der Waals surface area contributed by atoms with Gasteiger partial charge in [0.1, 0.15) is 29.0 Å². The summed E-state index contributed by atoms with van der Waals surface area (Å²) in [6, 6.07) is 51.7. The first kappa shape index (κ1) is 106. The van der Waals surface area contributed by atoms with Gasteiger partial charge < -0.3 is 78.0 Å². The van der Waals surface area contributed by atoms with Crippen LogP contribution in [0.5, 0.6) is 0 Å². The molecular formula is C102H128N12O18. The van der Waals surface area contributed by atoms with Gasteiger partial charge in [0, 0.05) is 128 Å². The zero-order chi connectivity index (χ0) is 95.3. The molecule has 0 spiro atoms. The molecular weight excluding hydrogens is 1680 g/mol. The van der Waals surface area contributed by atoms with Crippen LogP contribution in [0.25, 0.3) is 22.3 Å². The lowest BCUT2D eigenvalue weighted by Gasteiger charge is -2.23. The summed E-state index contributed by atoms with van der Waals surface area (Å²) in [6.07, 6.45) is 13.7. The molecule has 8 amide bonds. The maximum absolute atomic E-state index is 12.7. The Bertz CT molecular complexity index is 5070. The summed E-state index contributed by atoms with van der Waals surface area (Å²) in [4.78, 5) is 166. The first-order valence-electron chi connectivity index (χ1n) is 45.1. The third-order valence-electron chi connectivity index (χ3n) is 21.2. The predicted molar refractivity (Wildman–Crippen MR) is 508 cm³/mol. The van der Waals surface area contributed by atoms with Crippen molar-refractivity contribution in [1.82, 2.24) is 41.9 Å². The minimum absolute atomic E-state index is 0.0222. The van der Waals surface area contributed by atoms with Crippen LogP contribution in [0, 0.1) is 13.8 Å². The molecule has 132 heavy (non-hydrogen) atoms. The maximum Gasteiger partial charge on any atom is 0.305 e. The quantitative estimate of drug-likeness (QED) is 0.00956. The van der Waals surface area contributed by atoms with E-state index in [1.165, 1.54) is 19.9 Å². The molecule has 0 bridgehead atoms.